The van der Waals surface area contributed by atoms with E-state index >= 15 is 0 Å². The van der Waals surface area contributed by atoms with Crippen molar-refractivity contribution < 1.29 is 56.7 Å². The van der Waals surface area contributed by atoms with Crippen LogP contribution in [0.5, 0.6) is 0 Å². The summed E-state index contributed by atoms with van der Waals surface area (Å²) in [5.41, 5.74) is 5.87. The highest BCUT2D eigenvalue weighted by Crippen LogP contribution is 2.53. The summed E-state index contributed by atoms with van der Waals surface area (Å²) in [6, 6.07) is 0. The largest absolute Gasteiger partial charge is 0.472 e. The molecular weight excluding hydrogens is 648 g/mol. The number of H-pyrrole nitrogens is 1. The van der Waals surface area contributed by atoms with Crippen molar-refractivity contribution in [3.8, 4) is 0 Å². The summed E-state index contributed by atoms with van der Waals surface area (Å²) in [4.78, 5) is 56.3. The number of fused-ring (bicyclic) bond motifs is 5. The fourth-order valence-corrected chi connectivity index (χ4v) is 7.29. The van der Waals surface area contributed by atoms with Gasteiger partial charge in [-0.05, 0) is 6.92 Å². The van der Waals surface area contributed by atoms with Gasteiger partial charge in [0.05, 0.1) is 31.6 Å². The van der Waals surface area contributed by atoms with Crippen molar-refractivity contribution >= 4 is 43.9 Å². The zero-order valence-electron chi connectivity index (χ0n) is 22.8. The molecule has 3 fully saturated rings. The Hall–Kier alpha value is -3.24. The summed E-state index contributed by atoms with van der Waals surface area (Å²) in [5.74, 6) is -0.278. The molecule has 10 atom stereocenters. The van der Waals surface area contributed by atoms with Crippen molar-refractivity contribution in [2.45, 2.75) is 56.0 Å². The summed E-state index contributed by atoms with van der Waals surface area (Å²) in [5, 5.41) is 22.2. The SMILES string of the molecule is Cc1ncnc2c1ncn2[C@@H]1OC2COP(=O)(O)O[C@@H]3[C@H](O)[C@@H](COP(=O)(O)O[C@H]2[C@H]1O)O[C@H]3n1cnc2c(=O)[nH]c(N)nc21. The number of nitrogens with zero attached hydrogens (tertiary/aromatic N) is 7. The molecule has 3 saturated heterocycles. The molecule has 0 aromatic carbocycles. The van der Waals surface area contributed by atoms with Gasteiger partial charge in [0.15, 0.2) is 29.3 Å². The van der Waals surface area contributed by atoms with E-state index in [2.05, 4.69) is 29.9 Å². The van der Waals surface area contributed by atoms with Gasteiger partial charge in [0.2, 0.25) is 5.95 Å². The number of aromatic amines is 1. The van der Waals surface area contributed by atoms with Crippen molar-refractivity contribution in [3.63, 3.8) is 0 Å². The maximum atomic E-state index is 13.2. The highest BCUT2D eigenvalue weighted by Gasteiger charge is 2.54. The summed E-state index contributed by atoms with van der Waals surface area (Å²) in [6.07, 6.45) is -8.80. The molecule has 0 saturated carbocycles. The number of hydrogen-bond donors (Lipinski definition) is 6. The van der Waals surface area contributed by atoms with E-state index in [4.69, 9.17) is 33.3 Å². The number of nitrogens with one attached hydrogen (secondary N) is 1. The van der Waals surface area contributed by atoms with E-state index in [1.807, 2.05) is 0 Å². The minimum absolute atomic E-state index is 0.121. The molecule has 0 radical (unpaired) electrons. The number of aliphatic hydroxyl groups excluding tert-OH is 2. The molecule has 0 aliphatic carbocycles. The lowest BCUT2D eigenvalue weighted by atomic mass is 10.1. The van der Waals surface area contributed by atoms with Crippen LogP contribution < -0.4 is 11.3 Å². The van der Waals surface area contributed by atoms with Gasteiger partial charge in [0.1, 0.15) is 48.5 Å². The first-order chi connectivity index (χ1) is 21.3. The van der Waals surface area contributed by atoms with Crippen molar-refractivity contribution in [1.29, 1.82) is 0 Å². The van der Waals surface area contributed by atoms with E-state index in [-0.39, 0.29) is 22.8 Å². The molecular formula is C21H25N9O13P2. The number of phosphoric ester groups is 2. The molecule has 4 aromatic rings. The lowest BCUT2D eigenvalue weighted by molar-refractivity contribution is -0.0672. The Morgan fingerprint density at radius 1 is 0.867 bits per heavy atom. The number of phosphoric acid groups is 2. The van der Waals surface area contributed by atoms with Gasteiger partial charge in [-0.2, -0.15) is 4.98 Å². The first kappa shape index (κ1) is 30.4. The normalized spacial score (nSPS) is 37.7. The number of aryl methyl sites for hydroxylation is 1. The van der Waals surface area contributed by atoms with Crippen molar-refractivity contribution in [1.82, 2.24) is 39.0 Å². The van der Waals surface area contributed by atoms with E-state index in [1.54, 1.807) is 6.92 Å². The fraction of sp³-hybridized carbons (Fsp3) is 0.524. The van der Waals surface area contributed by atoms with Crippen LogP contribution in [0.1, 0.15) is 18.1 Å². The van der Waals surface area contributed by atoms with E-state index in [0.717, 1.165) is 10.9 Å². The van der Waals surface area contributed by atoms with Crippen LogP contribution in [0.3, 0.4) is 0 Å². The van der Waals surface area contributed by atoms with Gasteiger partial charge in [-0.1, -0.05) is 0 Å². The third-order valence-corrected chi connectivity index (χ3v) is 9.45. The van der Waals surface area contributed by atoms with E-state index in [1.165, 1.54) is 17.2 Å². The standard InChI is InChI=1S/C21H25N9O13P2/c1-7-10-16(24-4-23-7)29(5-25-10)19-13(32)14-9(41-19)3-39-45(36,37)43-15-12(31)8(2-38-44(34,35)42-14)40-20(15)30-6-26-11-17(30)27-21(22)28-18(11)33/h4-6,8-9,12-15,19-20,31-32H,2-3H2,1H3,(H,34,35)(H,36,37)(H3,22,27,28,33)/t8-,9?,12-,13-,14-,15-,19-,20-/m1/s1. The molecule has 3 aliphatic heterocycles. The van der Waals surface area contributed by atoms with Crippen LogP contribution in [0, 0.1) is 6.92 Å². The smallest absolute Gasteiger partial charge is 0.387 e. The molecule has 24 heteroatoms. The molecule has 3 aliphatic rings. The second-order valence-corrected chi connectivity index (χ2v) is 13.2. The highest BCUT2D eigenvalue weighted by atomic mass is 31.2. The van der Waals surface area contributed by atoms with Crippen LogP contribution in [0.25, 0.3) is 22.3 Å². The number of hydrogen-bond acceptors (Lipinski definition) is 17. The summed E-state index contributed by atoms with van der Waals surface area (Å²) >= 11 is 0. The lowest BCUT2D eigenvalue weighted by Gasteiger charge is -2.25. The van der Waals surface area contributed by atoms with Crippen LogP contribution in [-0.2, 0) is 36.7 Å². The minimum Gasteiger partial charge on any atom is -0.387 e. The number of anilines is 1. The summed E-state index contributed by atoms with van der Waals surface area (Å²) < 4.78 is 61.3. The second kappa shape index (κ2) is 10.9. The Morgan fingerprint density at radius 3 is 2.22 bits per heavy atom. The van der Waals surface area contributed by atoms with Gasteiger partial charge in [-0.25, -0.2) is 29.1 Å². The molecule has 45 heavy (non-hydrogen) atoms. The maximum absolute atomic E-state index is 13.2. The topological polar surface area (TPSA) is 304 Å². The van der Waals surface area contributed by atoms with E-state index in [9.17, 15) is 33.9 Å². The molecule has 242 valence electrons. The third-order valence-electron chi connectivity index (χ3n) is 7.48. The highest BCUT2D eigenvalue weighted by molar-refractivity contribution is 7.47. The van der Waals surface area contributed by atoms with Crippen LogP contribution in [0.4, 0.5) is 5.95 Å². The summed E-state index contributed by atoms with van der Waals surface area (Å²) in [7, 11) is -10.1. The zero-order valence-corrected chi connectivity index (χ0v) is 24.6. The quantitative estimate of drug-likeness (QED) is 0.130. The Balaban J connectivity index is 1.21. The number of aliphatic hydroxyl groups is 2. The predicted octanol–water partition coefficient (Wildman–Crippen LogP) is -1.62. The van der Waals surface area contributed by atoms with Crippen LogP contribution >= 0.6 is 15.6 Å². The van der Waals surface area contributed by atoms with E-state index < -0.39 is 83.5 Å². The summed E-state index contributed by atoms with van der Waals surface area (Å²) in [6.45, 7) is 0.0774. The molecule has 7 N–H and O–H groups in total. The van der Waals surface area contributed by atoms with Crippen molar-refractivity contribution in [2.75, 3.05) is 18.9 Å². The Kier molecular flexibility index (Phi) is 7.39. The molecule has 7 heterocycles. The predicted molar refractivity (Wildman–Crippen MR) is 144 cm³/mol. The Bertz CT molecular complexity index is 1930. The van der Waals surface area contributed by atoms with Crippen LogP contribution in [-0.4, -0.2) is 109 Å². The monoisotopic (exact) mass is 673 g/mol. The maximum Gasteiger partial charge on any atom is 0.472 e. The molecule has 0 amide bonds. The van der Waals surface area contributed by atoms with Gasteiger partial charge < -0.3 is 35.2 Å². The number of rotatable bonds is 2. The molecule has 7 rings (SSSR count). The van der Waals surface area contributed by atoms with Gasteiger partial charge in [-0.15, -0.1) is 0 Å². The molecule has 22 nitrogen and oxygen atoms in total. The molecule has 2 bridgehead atoms. The molecule has 0 spiro atoms. The Labute approximate surface area is 249 Å². The van der Waals surface area contributed by atoms with Gasteiger partial charge in [-0.3, -0.25) is 37.0 Å². The van der Waals surface area contributed by atoms with E-state index in [0.29, 0.717) is 11.2 Å². The number of nitrogens with two attached hydrogens (primary N) is 1. The fourth-order valence-electron chi connectivity index (χ4n) is 5.40. The lowest BCUT2D eigenvalue weighted by Crippen LogP contribution is -2.36. The third kappa shape index (κ3) is 5.37. The number of ether oxygens (including phenoxy) is 2. The number of nitrogen functional groups attached to an aromatic ring is 1. The molecule has 3 unspecified atom stereocenters. The van der Waals surface area contributed by atoms with Crippen molar-refractivity contribution in [3.05, 3.63) is 35.0 Å². The number of imidazole rings is 2. The Morgan fingerprint density at radius 2 is 1.49 bits per heavy atom. The second-order valence-electron chi connectivity index (χ2n) is 10.3. The first-order valence-corrected chi connectivity index (χ1v) is 16.2. The minimum atomic E-state index is -5.10. The van der Waals surface area contributed by atoms with Crippen molar-refractivity contribution in [2.24, 2.45) is 0 Å². The first-order valence-electron chi connectivity index (χ1n) is 13.2. The van der Waals surface area contributed by atoms with Crippen LogP contribution in [0.2, 0.25) is 0 Å². The van der Waals surface area contributed by atoms with Crippen LogP contribution in [0.15, 0.2) is 23.8 Å². The molecule has 4 aromatic heterocycles. The average Bonchev–Trinajstić information content (AvgIpc) is 3.72. The van der Waals surface area contributed by atoms with Gasteiger partial charge in [0.25, 0.3) is 5.56 Å². The van der Waals surface area contributed by atoms with Gasteiger partial charge >= 0.3 is 15.6 Å². The average molecular weight is 673 g/mol. The zero-order chi connectivity index (χ0) is 31.8. The van der Waals surface area contributed by atoms with Gasteiger partial charge in [0, 0.05) is 0 Å². The number of aromatic nitrogens is 8.